The van der Waals surface area contributed by atoms with Gasteiger partial charge in [-0.3, -0.25) is 0 Å². The third kappa shape index (κ3) is 5.93. The molecule has 0 aliphatic carbocycles. The molecule has 2 aliphatic heterocycles. The SMILES string of the molecule is CC1CCN(C(=O)OC2CCN(C(=O)Oc3ccc(Oc4ccccc4)cc3)CC2)CC1. The number of hydrogen-bond acceptors (Lipinski definition) is 5. The molecule has 2 aromatic rings. The molecule has 2 heterocycles. The van der Waals surface area contributed by atoms with Gasteiger partial charge in [0, 0.05) is 39.0 Å². The minimum Gasteiger partial charge on any atom is -0.457 e. The molecule has 2 aromatic carbocycles. The molecule has 2 saturated heterocycles. The molecule has 0 saturated carbocycles. The average molecular weight is 439 g/mol. The number of hydrogen-bond donors (Lipinski definition) is 0. The van der Waals surface area contributed by atoms with Crippen LogP contribution in [0.4, 0.5) is 9.59 Å². The van der Waals surface area contributed by atoms with Crippen LogP contribution in [0.25, 0.3) is 0 Å². The van der Waals surface area contributed by atoms with Crippen LogP contribution in [0.2, 0.25) is 0 Å². The Kier molecular flexibility index (Phi) is 7.14. The molecule has 2 fully saturated rings. The van der Waals surface area contributed by atoms with Crippen LogP contribution in [0.15, 0.2) is 54.6 Å². The lowest BCUT2D eigenvalue weighted by Gasteiger charge is -2.34. The van der Waals surface area contributed by atoms with Gasteiger partial charge in [-0.25, -0.2) is 9.59 Å². The Morgan fingerprint density at radius 3 is 1.91 bits per heavy atom. The summed E-state index contributed by atoms with van der Waals surface area (Å²) in [5.74, 6) is 2.54. The van der Waals surface area contributed by atoms with E-state index in [9.17, 15) is 9.59 Å². The second-order valence-electron chi connectivity index (χ2n) is 8.49. The Bertz CT molecular complexity index is 886. The standard InChI is InChI=1S/C25H30N2O5/c1-19-11-15-26(16-12-19)24(28)32-23-13-17-27(18-14-23)25(29)31-22-9-7-21(8-10-22)30-20-5-3-2-4-6-20/h2-10,19,23H,11-18H2,1H3. The summed E-state index contributed by atoms with van der Waals surface area (Å²) in [5, 5.41) is 0. The normalized spacial score (nSPS) is 17.7. The van der Waals surface area contributed by atoms with Crippen molar-refractivity contribution in [3.8, 4) is 17.2 Å². The number of nitrogens with zero attached hydrogens (tertiary/aromatic N) is 2. The van der Waals surface area contributed by atoms with Gasteiger partial charge in [-0.15, -0.1) is 0 Å². The average Bonchev–Trinajstić information content (AvgIpc) is 2.82. The van der Waals surface area contributed by atoms with E-state index in [-0.39, 0.29) is 12.2 Å². The number of benzene rings is 2. The number of piperidine rings is 2. The summed E-state index contributed by atoms with van der Waals surface area (Å²) in [4.78, 5) is 28.3. The van der Waals surface area contributed by atoms with Crippen molar-refractivity contribution >= 4 is 12.2 Å². The van der Waals surface area contributed by atoms with Gasteiger partial charge in [0.1, 0.15) is 23.4 Å². The maximum Gasteiger partial charge on any atom is 0.415 e. The van der Waals surface area contributed by atoms with Crippen molar-refractivity contribution < 1.29 is 23.8 Å². The smallest absolute Gasteiger partial charge is 0.415 e. The zero-order chi connectivity index (χ0) is 22.3. The van der Waals surface area contributed by atoms with Crippen molar-refractivity contribution in [1.29, 1.82) is 0 Å². The Morgan fingerprint density at radius 1 is 0.719 bits per heavy atom. The number of ether oxygens (including phenoxy) is 3. The molecular weight excluding hydrogens is 408 g/mol. The van der Waals surface area contributed by atoms with E-state index in [0.717, 1.165) is 31.7 Å². The maximum atomic E-state index is 12.5. The van der Waals surface area contributed by atoms with Gasteiger partial charge in [-0.1, -0.05) is 25.1 Å². The molecule has 7 heteroatoms. The molecule has 0 bridgehead atoms. The molecule has 2 aliphatic rings. The summed E-state index contributed by atoms with van der Waals surface area (Å²) in [5.41, 5.74) is 0. The number of para-hydroxylation sites is 1. The summed E-state index contributed by atoms with van der Waals surface area (Å²) < 4.78 is 16.9. The van der Waals surface area contributed by atoms with Crippen LogP contribution in [-0.4, -0.2) is 54.3 Å². The van der Waals surface area contributed by atoms with E-state index >= 15 is 0 Å². The molecule has 4 rings (SSSR count). The number of rotatable bonds is 4. The first-order valence-corrected chi connectivity index (χ1v) is 11.3. The second kappa shape index (κ2) is 10.4. The number of carbonyl (C=O) groups excluding carboxylic acids is 2. The molecular formula is C25H30N2O5. The quantitative estimate of drug-likeness (QED) is 0.647. The predicted octanol–water partition coefficient (Wildman–Crippen LogP) is 5.31. The summed E-state index contributed by atoms with van der Waals surface area (Å²) in [7, 11) is 0. The number of likely N-dealkylation sites (tertiary alicyclic amines) is 2. The summed E-state index contributed by atoms with van der Waals surface area (Å²) in [6, 6.07) is 16.5. The van der Waals surface area contributed by atoms with Crippen LogP contribution in [0.3, 0.4) is 0 Å². The van der Waals surface area contributed by atoms with Crippen LogP contribution in [0, 0.1) is 5.92 Å². The van der Waals surface area contributed by atoms with Crippen LogP contribution in [0.5, 0.6) is 17.2 Å². The molecule has 0 unspecified atom stereocenters. The second-order valence-corrected chi connectivity index (χ2v) is 8.49. The highest BCUT2D eigenvalue weighted by molar-refractivity contribution is 5.71. The first-order chi connectivity index (χ1) is 15.6. The molecule has 0 radical (unpaired) electrons. The van der Waals surface area contributed by atoms with Gasteiger partial charge in [0.05, 0.1) is 0 Å². The van der Waals surface area contributed by atoms with Crippen molar-refractivity contribution in [2.24, 2.45) is 5.92 Å². The highest BCUT2D eigenvalue weighted by atomic mass is 16.6. The Balaban J connectivity index is 1.20. The highest BCUT2D eigenvalue weighted by Crippen LogP contribution is 2.25. The maximum absolute atomic E-state index is 12.5. The number of amides is 2. The van der Waals surface area contributed by atoms with Crippen molar-refractivity contribution in [3.05, 3.63) is 54.6 Å². The topological polar surface area (TPSA) is 68.3 Å². The fraction of sp³-hybridized carbons (Fsp3) is 0.440. The monoisotopic (exact) mass is 438 g/mol. The molecule has 170 valence electrons. The lowest BCUT2D eigenvalue weighted by atomic mass is 10.00. The van der Waals surface area contributed by atoms with E-state index in [4.69, 9.17) is 14.2 Å². The third-order valence-corrected chi connectivity index (χ3v) is 6.02. The number of carbonyl (C=O) groups is 2. The third-order valence-electron chi connectivity index (χ3n) is 6.02. The van der Waals surface area contributed by atoms with E-state index in [1.54, 1.807) is 34.1 Å². The molecule has 0 N–H and O–H groups in total. The summed E-state index contributed by atoms with van der Waals surface area (Å²) >= 11 is 0. The van der Waals surface area contributed by atoms with Crippen molar-refractivity contribution in [2.75, 3.05) is 26.2 Å². The highest BCUT2D eigenvalue weighted by Gasteiger charge is 2.29. The molecule has 32 heavy (non-hydrogen) atoms. The van der Waals surface area contributed by atoms with Gasteiger partial charge in [-0.05, 0) is 55.2 Å². The zero-order valence-corrected chi connectivity index (χ0v) is 18.4. The Labute approximate surface area is 188 Å². The van der Waals surface area contributed by atoms with Crippen molar-refractivity contribution in [3.63, 3.8) is 0 Å². The van der Waals surface area contributed by atoms with Gasteiger partial charge in [-0.2, -0.15) is 0 Å². The van der Waals surface area contributed by atoms with Crippen LogP contribution < -0.4 is 9.47 Å². The first-order valence-electron chi connectivity index (χ1n) is 11.3. The van der Waals surface area contributed by atoms with Crippen LogP contribution in [-0.2, 0) is 4.74 Å². The van der Waals surface area contributed by atoms with Crippen LogP contribution >= 0.6 is 0 Å². The van der Waals surface area contributed by atoms with Crippen molar-refractivity contribution in [1.82, 2.24) is 9.80 Å². The van der Waals surface area contributed by atoms with E-state index in [1.807, 2.05) is 30.3 Å². The minimum absolute atomic E-state index is 0.152. The zero-order valence-electron chi connectivity index (χ0n) is 18.4. The van der Waals surface area contributed by atoms with Gasteiger partial charge in [0.25, 0.3) is 0 Å². The molecule has 0 spiro atoms. The van der Waals surface area contributed by atoms with E-state index in [2.05, 4.69) is 6.92 Å². The fourth-order valence-corrected chi connectivity index (χ4v) is 3.93. The van der Waals surface area contributed by atoms with E-state index < -0.39 is 6.09 Å². The van der Waals surface area contributed by atoms with Gasteiger partial charge in [0.15, 0.2) is 0 Å². The van der Waals surface area contributed by atoms with Crippen LogP contribution in [0.1, 0.15) is 32.6 Å². The summed E-state index contributed by atoms with van der Waals surface area (Å²) in [6.45, 7) is 4.75. The predicted molar refractivity (Wildman–Crippen MR) is 120 cm³/mol. The lowest BCUT2D eigenvalue weighted by molar-refractivity contribution is 0.0256. The minimum atomic E-state index is -0.392. The van der Waals surface area contributed by atoms with E-state index in [1.165, 1.54) is 0 Å². The van der Waals surface area contributed by atoms with Gasteiger partial charge in [0.2, 0.25) is 0 Å². The van der Waals surface area contributed by atoms with Crippen molar-refractivity contribution in [2.45, 2.75) is 38.7 Å². The summed E-state index contributed by atoms with van der Waals surface area (Å²) in [6.07, 6.45) is 2.52. The molecule has 0 atom stereocenters. The Morgan fingerprint density at radius 2 is 1.25 bits per heavy atom. The molecule has 7 nitrogen and oxygen atoms in total. The lowest BCUT2D eigenvalue weighted by Crippen LogP contribution is -2.45. The van der Waals surface area contributed by atoms with Gasteiger partial charge < -0.3 is 24.0 Å². The largest absolute Gasteiger partial charge is 0.457 e. The first kappa shape index (κ1) is 22.0. The van der Waals surface area contributed by atoms with E-state index in [0.29, 0.717) is 43.3 Å². The molecule has 0 aromatic heterocycles. The fourth-order valence-electron chi connectivity index (χ4n) is 3.93. The molecule has 2 amide bonds. The Hall–Kier alpha value is -3.22. The van der Waals surface area contributed by atoms with Gasteiger partial charge >= 0.3 is 12.2 Å².